The molecule has 19 heavy (non-hydrogen) atoms. The topological polar surface area (TPSA) is 55.6 Å². The van der Waals surface area contributed by atoms with Crippen molar-refractivity contribution in [1.29, 1.82) is 0 Å². The molecule has 0 saturated carbocycles. The number of nitrogens with zero attached hydrogens (tertiary/aromatic N) is 1. The van der Waals surface area contributed by atoms with Gasteiger partial charge in [-0.25, -0.2) is 0 Å². The van der Waals surface area contributed by atoms with Gasteiger partial charge in [0.2, 0.25) is 0 Å². The Bertz CT molecular complexity index is 488. The van der Waals surface area contributed by atoms with Crippen LogP contribution in [0, 0.1) is 0 Å². The van der Waals surface area contributed by atoms with Crippen LogP contribution in [0.5, 0.6) is 0 Å². The molecule has 4 nitrogen and oxygen atoms in total. The lowest BCUT2D eigenvalue weighted by molar-refractivity contribution is -0.324. The second-order valence-electron chi connectivity index (χ2n) is 4.25. The fourth-order valence-electron chi connectivity index (χ4n) is 2.02. The van der Waals surface area contributed by atoms with Gasteiger partial charge in [0, 0.05) is 24.3 Å². The van der Waals surface area contributed by atoms with E-state index in [0.29, 0.717) is 24.2 Å². The van der Waals surface area contributed by atoms with E-state index in [-0.39, 0.29) is 12.5 Å². The van der Waals surface area contributed by atoms with E-state index in [1.54, 1.807) is 18.2 Å². The predicted octanol–water partition coefficient (Wildman–Crippen LogP) is 1.80. The van der Waals surface area contributed by atoms with Gasteiger partial charge in [-0.3, -0.25) is 9.53 Å². The zero-order valence-corrected chi connectivity index (χ0v) is 10.0. The van der Waals surface area contributed by atoms with Crippen molar-refractivity contribution in [3.63, 3.8) is 0 Å². The van der Waals surface area contributed by atoms with Crippen LogP contribution in [0.1, 0.15) is 15.9 Å². The number of hydrogen-bond donors (Lipinski definition) is 1. The molecular weight excluding hydrogens is 261 g/mol. The van der Waals surface area contributed by atoms with Crippen molar-refractivity contribution in [2.75, 3.05) is 25.4 Å². The molecule has 0 aromatic heterocycles. The first-order valence-corrected chi connectivity index (χ1v) is 5.75. The van der Waals surface area contributed by atoms with Crippen LogP contribution in [0.2, 0.25) is 0 Å². The van der Waals surface area contributed by atoms with E-state index in [4.69, 9.17) is 5.73 Å². The average molecular weight is 274 g/mol. The van der Waals surface area contributed by atoms with Crippen LogP contribution >= 0.6 is 0 Å². The van der Waals surface area contributed by atoms with E-state index in [2.05, 4.69) is 4.74 Å². The largest absolute Gasteiger partial charge is 0.522 e. The summed E-state index contributed by atoms with van der Waals surface area (Å²) in [6, 6.07) is 5.02. The fraction of sp³-hybridized carbons (Fsp3) is 0.417. The quantitative estimate of drug-likeness (QED) is 0.855. The maximum atomic E-state index is 12.1. The number of carbonyl (C=O) groups excluding carboxylic acids is 1. The third kappa shape index (κ3) is 3.37. The molecule has 2 N–H and O–H groups in total. The lowest BCUT2D eigenvalue weighted by Gasteiger charge is -2.28. The molecule has 0 spiro atoms. The summed E-state index contributed by atoms with van der Waals surface area (Å²) in [6.07, 6.45) is -4.06. The normalized spacial score (nSPS) is 15.5. The third-order valence-corrected chi connectivity index (χ3v) is 2.93. The summed E-state index contributed by atoms with van der Waals surface area (Å²) >= 11 is 0. The summed E-state index contributed by atoms with van der Waals surface area (Å²) in [5, 5.41) is 0. The number of benzene rings is 1. The van der Waals surface area contributed by atoms with E-state index in [9.17, 15) is 18.0 Å². The molecule has 1 heterocycles. The number of rotatable bonds is 3. The number of anilines is 1. The molecular formula is C12H13F3N2O2. The molecule has 0 atom stereocenters. The van der Waals surface area contributed by atoms with Gasteiger partial charge >= 0.3 is 6.36 Å². The number of alkyl halides is 3. The highest BCUT2D eigenvalue weighted by atomic mass is 19.4. The Balaban J connectivity index is 2.01. The zero-order valence-electron chi connectivity index (χ0n) is 10.0. The maximum Gasteiger partial charge on any atom is 0.522 e. The minimum absolute atomic E-state index is 0.0907. The molecule has 0 saturated heterocycles. The number of nitrogen functional groups attached to an aromatic ring is 1. The number of amides is 1. The minimum Gasteiger partial charge on any atom is -0.399 e. The Morgan fingerprint density at radius 3 is 2.79 bits per heavy atom. The van der Waals surface area contributed by atoms with Gasteiger partial charge in [0.15, 0.2) is 0 Å². The van der Waals surface area contributed by atoms with Gasteiger partial charge in [-0.05, 0) is 24.1 Å². The van der Waals surface area contributed by atoms with Crippen LogP contribution in [0.4, 0.5) is 18.9 Å². The van der Waals surface area contributed by atoms with E-state index in [0.717, 1.165) is 5.56 Å². The van der Waals surface area contributed by atoms with Crippen molar-refractivity contribution < 1.29 is 22.7 Å². The molecule has 1 aromatic carbocycles. The third-order valence-electron chi connectivity index (χ3n) is 2.93. The van der Waals surface area contributed by atoms with Crippen LogP contribution in [0.25, 0.3) is 0 Å². The molecule has 2 rings (SSSR count). The second-order valence-corrected chi connectivity index (χ2v) is 4.25. The van der Waals surface area contributed by atoms with E-state index in [1.807, 2.05) is 0 Å². The number of fused-ring (bicyclic) bond motifs is 1. The van der Waals surface area contributed by atoms with Crippen molar-refractivity contribution in [3.05, 3.63) is 29.3 Å². The Labute approximate surface area is 107 Å². The van der Waals surface area contributed by atoms with Crippen LogP contribution in [-0.4, -0.2) is 36.9 Å². The van der Waals surface area contributed by atoms with Crippen molar-refractivity contribution in [2.45, 2.75) is 12.8 Å². The van der Waals surface area contributed by atoms with Crippen molar-refractivity contribution in [2.24, 2.45) is 0 Å². The standard InChI is InChI=1S/C12H13F3N2O2/c13-12(14,15)19-6-5-17-4-3-8-1-2-9(16)7-10(8)11(17)18/h1-2,7H,3-6,16H2. The molecule has 1 aliphatic rings. The van der Waals surface area contributed by atoms with E-state index < -0.39 is 13.0 Å². The summed E-state index contributed by atoms with van der Waals surface area (Å²) < 4.78 is 39.2. The number of carbonyl (C=O) groups is 1. The van der Waals surface area contributed by atoms with E-state index in [1.165, 1.54) is 4.90 Å². The van der Waals surface area contributed by atoms with Gasteiger partial charge in [0.25, 0.3) is 5.91 Å². The number of nitrogens with two attached hydrogens (primary N) is 1. The molecule has 1 aromatic rings. The molecule has 1 amide bonds. The number of halogens is 3. The Kier molecular flexibility index (Phi) is 3.66. The molecule has 104 valence electrons. The van der Waals surface area contributed by atoms with Gasteiger partial charge < -0.3 is 10.6 Å². The first-order valence-electron chi connectivity index (χ1n) is 5.75. The van der Waals surface area contributed by atoms with Gasteiger partial charge in [0.1, 0.15) is 0 Å². The van der Waals surface area contributed by atoms with Crippen LogP contribution in [-0.2, 0) is 11.2 Å². The highest BCUT2D eigenvalue weighted by molar-refractivity contribution is 5.97. The summed E-state index contributed by atoms with van der Waals surface area (Å²) in [4.78, 5) is 13.4. The lowest BCUT2D eigenvalue weighted by atomic mass is 9.98. The molecule has 1 aliphatic heterocycles. The van der Waals surface area contributed by atoms with Crippen molar-refractivity contribution >= 4 is 11.6 Å². The maximum absolute atomic E-state index is 12.1. The molecule has 0 aliphatic carbocycles. The highest BCUT2D eigenvalue weighted by Crippen LogP contribution is 2.22. The average Bonchev–Trinajstić information content (AvgIpc) is 2.31. The fourth-order valence-corrected chi connectivity index (χ4v) is 2.02. The Morgan fingerprint density at radius 1 is 1.37 bits per heavy atom. The van der Waals surface area contributed by atoms with Crippen molar-refractivity contribution in [3.8, 4) is 0 Å². The van der Waals surface area contributed by atoms with Gasteiger partial charge in [-0.1, -0.05) is 6.07 Å². The van der Waals surface area contributed by atoms with Crippen LogP contribution in [0.15, 0.2) is 18.2 Å². The van der Waals surface area contributed by atoms with Crippen molar-refractivity contribution in [1.82, 2.24) is 4.90 Å². The summed E-state index contributed by atoms with van der Waals surface area (Å²) in [5.74, 6) is -0.306. The number of ether oxygens (including phenoxy) is 1. The zero-order chi connectivity index (χ0) is 14.0. The first-order chi connectivity index (χ1) is 8.87. The molecule has 0 unspecified atom stereocenters. The van der Waals surface area contributed by atoms with Gasteiger partial charge in [-0.2, -0.15) is 0 Å². The summed E-state index contributed by atoms with van der Waals surface area (Å²) in [6.45, 7) is -0.267. The lowest BCUT2D eigenvalue weighted by Crippen LogP contribution is -2.40. The number of hydrogen-bond acceptors (Lipinski definition) is 3. The molecule has 7 heteroatoms. The summed E-state index contributed by atoms with van der Waals surface area (Å²) in [5.41, 5.74) is 7.39. The molecule has 0 bridgehead atoms. The van der Waals surface area contributed by atoms with Gasteiger partial charge in [0.05, 0.1) is 6.61 Å². The monoisotopic (exact) mass is 274 g/mol. The minimum atomic E-state index is -4.67. The highest BCUT2D eigenvalue weighted by Gasteiger charge is 2.30. The van der Waals surface area contributed by atoms with E-state index >= 15 is 0 Å². The SMILES string of the molecule is Nc1ccc2c(c1)C(=O)N(CCOC(F)(F)F)CC2. The molecule has 0 fully saturated rings. The summed E-state index contributed by atoms with van der Waals surface area (Å²) in [7, 11) is 0. The van der Waals surface area contributed by atoms with Crippen LogP contribution in [0.3, 0.4) is 0 Å². The van der Waals surface area contributed by atoms with Gasteiger partial charge in [-0.15, -0.1) is 13.2 Å². The Morgan fingerprint density at radius 2 is 2.11 bits per heavy atom. The second kappa shape index (κ2) is 5.08. The Hall–Kier alpha value is -1.76. The smallest absolute Gasteiger partial charge is 0.399 e. The molecule has 0 radical (unpaired) electrons. The first kappa shape index (κ1) is 13.7. The predicted molar refractivity (Wildman–Crippen MR) is 62.5 cm³/mol. The van der Waals surface area contributed by atoms with Crippen LogP contribution < -0.4 is 5.73 Å².